The summed E-state index contributed by atoms with van der Waals surface area (Å²) in [5.74, 6) is -1.11. The molecule has 1 aromatic heterocycles. The number of hydrogen-bond acceptors (Lipinski definition) is 5. The number of hydrazone groups is 1. The highest BCUT2D eigenvalue weighted by molar-refractivity contribution is 7.12. The van der Waals surface area contributed by atoms with Crippen LogP contribution in [0.5, 0.6) is 0 Å². The highest BCUT2D eigenvalue weighted by Gasteiger charge is 2.36. The van der Waals surface area contributed by atoms with Crippen molar-refractivity contribution in [2.75, 3.05) is 26.8 Å². The Balaban J connectivity index is 1.88. The van der Waals surface area contributed by atoms with Gasteiger partial charge in [0.05, 0.1) is 23.2 Å². The molecule has 0 saturated heterocycles. The van der Waals surface area contributed by atoms with Crippen molar-refractivity contribution in [3.63, 3.8) is 0 Å². The van der Waals surface area contributed by atoms with Gasteiger partial charge in [0.25, 0.3) is 5.91 Å². The molecule has 1 atom stereocenters. The average molecular weight is 432 g/mol. The lowest BCUT2D eigenvalue weighted by molar-refractivity contribution is -0.143. The van der Waals surface area contributed by atoms with E-state index in [4.69, 9.17) is 4.74 Å². The molecule has 30 heavy (non-hydrogen) atoms. The van der Waals surface area contributed by atoms with Gasteiger partial charge in [0.1, 0.15) is 12.4 Å². The molecule has 1 unspecified atom stereocenters. The van der Waals surface area contributed by atoms with Gasteiger partial charge in [-0.2, -0.15) is 5.10 Å². The van der Waals surface area contributed by atoms with E-state index in [0.717, 1.165) is 10.6 Å². The van der Waals surface area contributed by atoms with Gasteiger partial charge in [-0.25, -0.2) is 9.40 Å². The SMILES string of the molecule is COCCN(CC(=O)N1N=C(c2cccs2)CC1c1ccccc1F)C(=O)C(C)C. The topological polar surface area (TPSA) is 62.2 Å². The van der Waals surface area contributed by atoms with Crippen LogP contribution in [0.25, 0.3) is 0 Å². The molecule has 2 heterocycles. The molecular formula is C22H26FN3O3S. The van der Waals surface area contributed by atoms with Crippen molar-refractivity contribution in [3.05, 3.63) is 58.0 Å². The lowest BCUT2D eigenvalue weighted by Gasteiger charge is -2.28. The standard InChI is InChI=1S/C22H26FN3O3S/c1-15(2)22(28)25(10-11-29-3)14-21(27)26-19(16-7-4-5-8-17(16)23)13-18(24-26)20-9-6-12-30-20/h4-9,12,15,19H,10-11,13-14H2,1-3H3. The molecule has 0 radical (unpaired) electrons. The third-order valence-electron chi connectivity index (χ3n) is 4.93. The van der Waals surface area contributed by atoms with Crippen LogP contribution < -0.4 is 0 Å². The van der Waals surface area contributed by atoms with E-state index in [-0.39, 0.29) is 30.1 Å². The predicted molar refractivity (Wildman–Crippen MR) is 115 cm³/mol. The molecule has 0 N–H and O–H groups in total. The monoisotopic (exact) mass is 431 g/mol. The number of thiophene rings is 1. The summed E-state index contributed by atoms with van der Waals surface area (Å²) in [5.41, 5.74) is 1.16. The molecule has 2 amide bonds. The number of methoxy groups -OCH3 is 1. The Morgan fingerprint density at radius 2 is 2.07 bits per heavy atom. The van der Waals surface area contributed by atoms with E-state index < -0.39 is 6.04 Å². The van der Waals surface area contributed by atoms with Crippen LogP contribution in [0.15, 0.2) is 46.9 Å². The fourth-order valence-electron chi connectivity index (χ4n) is 3.39. The second kappa shape index (κ2) is 9.95. The minimum atomic E-state index is -0.547. The molecule has 0 bridgehead atoms. The van der Waals surface area contributed by atoms with E-state index in [1.165, 1.54) is 27.3 Å². The molecule has 0 fully saturated rings. The molecule has 3 rings (SSSR count). The van der Waals surface area contributed by atoms with Crippen molar-refractivity contribution < 1.29 is 18.7 Å². The summed E-state index contributed by atoms with van der Waals surface area (Å²) in [7, 11) is 1.55. The Hall–Kier alpha value is -2.58. The van der Waals surface area contributed by atoms with E-state index >= 15 is 0 Å². The Morgan fingerprint density at radius 1 is 1.30 bits per heavy atom. The maximum Gasteiger partial charge on any atom is 0.262 e. The van der Waals surface area contributed by atoms with Crippen molar-refractivity contribution in [3.8, 4) is 0 Å². The molecule has 0 spiro atoms. The molecule has 2 aromatic rings. The van der Waals surface area contributed by atoms with Gasteiger partial charge < -0.3 is 9.64 Å². The summed E-state index contributed by atoms with van der Waals surface area (Å²) in [6.45, 7) is 4.08. The van der Waals surface area contributed by atoms with Gasteiger partial charge in [-0.05, 0) is 17.5 Å². The minimum absolute atomic E-state index is 0.132. The molecule has 1 aromatic carbocycles. The minimum Gasteiger partial charge on any atom is -0.383 e. The van der Waals surface area contributed by atoms with E-state index in [1.54, 1.807) is 39.2 Å². The second-order valence-electron chi connectivity index (χ2n) is 7.41. The Morgan fingerprint density at radius 3 is 2.70 bits per heavy atom. The first-order valence-corrected chi connectivity index (χ1v) is 10.8. The zero-order valence-corrected chi connectivity index (χ0v) is 18.2. The maximum absolute atomic E-state index is 14.5. The smallest absolute Gasteiger partial charge is 0.262 e. The van der Waals surface area contributed by atoms with Gasteiger partial charge in [0.15, 0.2) is 0 Å². The molecule has 1 aliphatic heterocycles. The van der Waals surface area contributed by atoms with Crippen molar-refractivity contribution in [2.24, 2.45) is 11.0 Å². The maximum atomic E-state index is 14.5. The predicted octanol–water partition coefficient (Wildman–Crippen LogP) is 3.70. The number of nitrogens with zero attached hydrogens (tertiary/aromatic N) is 3. The lowest BCUT2D eigenvalue weighted by Crippen LogP contribution is -2.44. The van der Waals surface area contributed by atoms with Crippen molar-refractivity contribution in [2.45, 2.75) is 26.3 Å². The molecule has 0 aliphatic carbocycles. The summed E-state index contributed by atoms with van der Waals surface area (Å²) < 4.78 is 19.6. The van der Waals surface area contributed by atoms with Crippen LogP contribution in [-0.2, 0) is 14.3 Å². The van der Waals surface area contributed by atoms with Crippen LogP contribution in [0.1, 0.15) is 36.8 Å². The highest BCUT2D eigenvalue weighted by atomic mass is 32.1. The van der Waals surface area contributed by atoms with Gasteiger partial charge in [0, 0.05) is 31.6 Å². The van der Waals surface area contributed by atoms with E-state index in [1.807, 2.05) is 17.5 Å². The third-order valence-corrected chi connectivity index (χ3v) is 5.85. The number of carbonyl (C=O) groups excluding carboxylic acids is 2. The van der Waals surface area contributed by atoms with Crippen LogP contribution >= 0.6 is 11.3 Å². The molecule has 1 aliphatic rings. The van der Waals surface area contributed by atoms with E-state index in [2.05, 4.69) is 5.10 Å². The molecule has 0 saturated carbocycles. The number of carbonyl (C=O) groups is 2. The third kappa shape index (κ3) is 4.94. The number of halogens is 1. The average Bonchev–Trinajstić information content (AvgIpc) is 3.40. The molecule has 8 heteroatoms. The van der Waals surface area contributed by atoms with Gasteiger partial charge in [0.2, 0.25) is 5.91 Å². The number of rotatable bonds is 8. The molecular weight excluding hydrogens is 405 g/mol. The first kappa shape index (κ1) is 22.1. The first-order chi connectivity index (χ1) is 14.4. The van der Waals surface area contributed by atoms with Crippen LogP contribution in [0.3, 0.4) is 0 Å². The van der Waals surface area contributed by atoms with Crippen LogP contribution in [0, 0.1) is 11.7 Å². The highest BCUT2D eigenvalue weighted by Crippen LogP contribution is 2.35. The zero-order chi connectivity index (χ0) is 21.7. The summed E-state index contributed by atoms with van der Waals surface area (Å²) in [6, 6.07) is 9.73. The van der Waals surface area contributed by atoms with Gasteiger partial charge in [-0.15, -0.1) is 11.3 Å². The Bertz CT molecular complexity index is 914. The molecule has 160 valence electrons. The van der Waals surface area contributed by atoms with Crippen molar-refractivity contribution in [1.29, 1.82) is 0 Å². The number of amides is 2. The summed E-state index contributed by atoms with van der Waals surface area (Å²) in [6.07, 6.45) is 0.420. The van der Waals surface area contributed by atoms with Crippen LogP contribution in [0.4, 0.5) is 4.39 Å². The van der Waals surface area contributed by atoms with Gasteiger partial charge in [-0.1, -0.05) is 38.1 Å². The van der Waals surface area contributed by atoms with Crippen LogP contribution in [-0.4, -0.2) is 54.2 Å². The Labute approximate surface area is 179 Å². The fourth-order valence-corrected chi connectivity index (χ4v) is 4.11. The lowest BCUT2D eigenvalue weighted by atomic mass is 10.0. The van der Waals surface area contributed by atoms with Crippen molar-refractivity contribution in [1.82, 2.24) is 9.91 Å². The number of benzene rings is 1. The van der Waals surface area contributed by atoms with Crippen LogP contribution in [0.2, 0.25) is 0 Å². The fraction of sp³-hybridized carbons (Fsp3) is 0.409. The Kier molecular flexibility index (Phi) is 7.33. The number of ether oxygens (including phenoxy) is 1. The second-order valence-corrected chi connectivity index (χ2v) is 8.36. The number of hydrogen-bond donors (Lipinski definition) is 0. The first-order valence-electron chi connectivity index (χ1n) is 9.88. The van der Waals surface area contributed by atoms with Gasteiger partial charge >= 0.3 is 0 Å². The van der Waals surface area contributed by atoms with Gasteiger partial charge in [-0.3, -0.25) is 9.59 Å². The summed E-state index contributed by atoms with van der Waals surface area (Å²) in [4.78, 5) is 28.2. The van der Waals surface area contributed by atoms with Crippen molar-refractivity contribution >= 4 is 28.9 Å². The normalized spacial score (nSPS) is 16.1. The van der Waals surface area contributed by atoms with E-state index in [0.29, 0.717) is 25.1 Å². The summed E-state index contributed by atoms with van der Waals surface area (Å²) in [5, 5.41) is 7.81. The largest absolute Gasteiger partial charge is 0.383 e. The summed E-state index contributed by atoms with van der Waals surface area (Å²) >= 11 is 1.53. The zero-order valence-electron chi connectivity index (χ0n) is 17.4. The quantitative estimate of drug-likeness (QED) is 0.640. The van der Waals surface area contributed by atoms with E-state index in [9.17, 15) is 14.0 Å². The molecule has 6 nitrogen and oxygen atoms in total.